The predicted molar refractivity (Wildman–Crippen MR) is 72.2 cm³/mol. The number of carboxylic acids is 1. The largest absolute Gasteiger partial charge is 0.491 e. The van der Waals surface area contributed by atoms with Gasteiger partial charge in [0.15, 0.2) is 0 Å². The zero-order valence-corrected chi connectivity index (χ0v) is 11.8. The molecule has 0 saturated carbocycles. The topological polar surface area (TPSA) is 46.5 Å². The van der Waals surface area contributed by atoms with Gasteiger partial charge in [0.2, 0.25) is 0 Å². The summed E-state index contributed by atoms with van der Waals surface area (Å²) in [6.45, 7) is 9.85. The van der Waals surface area contributed by atoms with Crippen molar-refractivity contribution in [2.24, 2.45) is 0 Å². The van der Waals surface area contributed by atoms with E-state index in [0.29, 0.717) is 0 Å². The molecule has 0 heterocycles. The van der Waals surface area contributed by atoms with E-state index in [9.17, 15) is 4.79 Å². The summed E-state index contributed by atoms with van der Waals surface area (Å²) >= 11 is 0. The van der Waals surface area contributed by atoms with Gasteiger partial charge in [0.25, 0.3) is 0 Å². The van der Waals surface area contributed by atoms with E-state index >= 15 is 0 Å². The fourth-order valence-corrected chi connectivity index (χ4v) is 1.94. The Bertz CT molecular complexity index is 433. The summed E-state index contributed by atoms with van der Waals surface area (Å²) in [5.74, 6) is 0.0834. The highest BCUT2D eigenvalue weighted by atomic mass is 16.5. The molecule has 1 N–H and O–H groups in total. The summed E-state index contributed by atoms with van der Waals surface area (Å²) in [7, 11) is 0. The van der Waals surface area contributed by atoms with Gasteiger partial charge in [-0.25, -0.2) is 0 Å². The minimum atomic E-state index is -0.778. The van der Waals surface area contributed by atoms with Crippen molar-refractivity contribution in [3.05, 3.63) is 29.3 Å². The molecule has 0 spiro atoms. The molecule has 0 aliphatic carbocycles. The van der Waals surface area contributed by atoms with E-state index in [1.54, 1.807) is 0 Å². The lowest BCUT2D eigenvalue weighted by atomic mass is 9.81. The van der Waals surface area contributed by atoms with Crippen LogP contribution in [0, 0.1) is 6.92 Å². The second-order valence-electron chi connectivity index (χ2n) is 5.60. The Kier molecular flexibility index (Phi) is 4.38. The van der Waals surface area contributed by atoms with Gasteiger partial charge in [0.05, 0.1) is 12.5 Å². The second-order valence-corrected chi connectivity index (χ2v) is 5.60. The van der Waals surface area contributed by atoms with Gasteiger partial charge in [0.1, 0.15) is 5.75 Å². The van der Waals surface area contributed by atoms with Crippen LogP contribution in [-0.2, 0) is 10.2 Å². The molecule has 1 aromatic carbocycles. The number of hydrogen-bond donors (Lipinski definition) is 1. The Labute approximate surface area is 109 Å². The normalized spacial score (nSPS) is 11.7. The highest BCUT2D eigenvalue weighted by Gasteiger charge is 2.24. The van der Waals surface area contributed by atoms with Gasteiger partial charge in [-0.05, 0) is 38.0 Å². The summed E-state index contributed by atoms with van der Waals surface area (Å²) in [6.07, 6.45) is 0.262. The van der Waals surface area contributed by atoms with Crippen LogP contribution in [0.25, 0.3) is 0 Å². The first kappa shape index (κ1) is 14.6. The third-order valence-corrected chi connectivity index (χ3v) is 2.91. The molecule has 0 unspecified atom stereocenters. The average Bonchev–Trinajstić information content (AvgIpc) is 2.18. The molecule has 3 nitrogen and oxygen atoms in total. The number of hydrogen-bond acceptors (Lipinski definition) is 2. The molecular weight excluding hydrogens is 228 g/mol. The molecule has 0 amide bonds. The summed E-state index contributed by atoms with van der Waals surface area (Å²) in [5, 5.41) is 8.93. The maximum absolute atomic E-state index is 10.9. The molecule has 0 bridgehead atoms. The van der Waals surface area contributed by atoms with Gasteiger partial charge in [0, 0.05) is 5.41 Å². The lowest BCUT2D eigenvalue weighted by Crippen LogP contribution is -2.21. The summed E-state index contributed by atoms with van der Waals surface area (Å²) < 4.78 is 5.68. The maximum Gasteiger partial charge on any atom is 0.304 e. The van der Waals surface area contributed by atoms with Crippen molar-refractivity contribution in [1.82, 2.24) is 0 Å². The van der Waals surface area contributed by atoms with Crippen LogP contribution in [0.4, 0.5) is 0 Å². The lowest BCUT2D eigenvalue weighted by Gasteiger charge is -2.24. The first-order chi connectivity index (χ1) is 8.22. The number of aryl methyl sites for hydroxylation is 1. The van der Waals surface area contributed by atoms with Crippen molar-refractivity contribution in [2.45, 2.75) is 52.6 Å². The fourth-order valence-electron chi connectivity index (χ4n) is 1.94. The van der Waals surface area contributed by atoms with E-state index in [1.165, 1.54) is 0 Å². The van der Waals surface area contributed by atoms with E-state index in [2.05, 4.69) is 0 Å². The van der Waals surface area contributed by atoms with E-state index in [-0.39, 0.29) is 17.9 Å². The molecule has 0 atom stereocenters. The number of rotatable bonds is 5. The number of ether oxygens (including phenoxy) is 1. The van der Waals surface area contributed by atoms with Crippen molar-refractivity contribution in [3.8, 4) is 5.75 Å². The van der Waals surface area contributed by atoms with Gasteiger partial charge < -0.3 is 9.84 Å². The van der Waals surface area contributed by atoms with E-state index < -0.39 is 5.97 Å². The molecule has 3 heteroatoms. The van der Waals surface area contributed by atoms with Crippen LogP contribution >= 0.6 is 0 Å². The SMILES string of the molecule is Cc1cc(C(C)(C)CC(=O)O)ccc1OC(C)C. The average molecular weight is 250 g/mol. The predicted octanol–water partition coefficient (Wildman–Crippen LogP) is 3.53. The van der Waals surface area contributed by atoms with E-state index in [4.69, 9.17) is 9.84 Å². The zero-order valence-electron chi connectivity index (χ0n) is 11.8. The first-order valence-corrected chi connectivity index (χ1v) is 6.22. The lowest BCUT2D eigenvalue weighted by molar-refractivity contribution is -0.138. The molecule has 18 heavy (non-hydrogen) atoms. The molecule has 0 aliphatic heterocycles. The maximum atomic E-state index is 10.9. The van der Waals surface area contributed by atoms with Gasteiger partial charge in [-0.3, -0.25) is 4.79 Å². The van der Waals surface area contributed by atoms with Gasteiger partial charge in [-0.2, -0.15) is 0 Å². The number of carboxylic acid groups (broad SMARTS) is 1. The van der Waals surface area contributed by atoms with Gasteiger partial charge >= 0.3 is 5.97 Å². The molecule has 1 rings (SSSR count). The fraction of sp³-hybridized carbons (Fsp3) is 0.533. The highest BCUT2D eigenvalue weighted by Crippen LogP contribution is 2.31. The van der Waals surface area contributed by atoms with E-state index in [1.807, 2.05) is 52.8 Å². The molecule has 100 valence electrons. The van der Waals surface area contributed by atoms with Crippen molar-refractivity contribution in [3.63, 3.8) is 0 Å². The first-order valence-electron chi connectivity index (χ1n) is 6.22. The standard InChI is InChI=1S/C15H22O3/c1-10(2)18-13-7-6-12(8-11(13)3)15(4,5)9-14(16)17/h6-8,10H,9H2,1-5H3,(H,16,17). The molecular formula is C15H22O3. The summed E-state index contributed by atoms with van der Waals surface area (Å²) in [6, 6.07) is 5.89. The van der Waals surface area contributed by atoms with Crippen LogP contribution in [0.5, 0.6) is 5.75 Å². The summed E-state index contributed by atoms with van der Waals surface area (Å²) in [5.41, 5.74) is 1.70. The molecule has 0 radical (unpaired) electrons. The van der Waals surface area contributed by atoms with Crippen LogP contribution in [0.1, 0.15) is 45.2 Å². The highest BCUT2D eigenvalue weighted by molar-refractivity contribution is 5.69. The van der Waals surface area contributed by atoms with Crippen molar-refractivity contribution in [2.75, 3.05) is 0 Å². The Morgan fingerprint density at radius 3 is 2.44 bits per heavy atom. The second kappa shape index (κ2) is 5.42. The van der Waals surface area contributed by atoms with Crippen LogP contribution < -0.4 is 4.74 Å². The minimum Gasteiger partial charge on any atom is -0.491 e. The Morgan fingerprint density at radius 1 is 1.39 bits per heavy atom. The third kappa shape index (κ3) is 3.76. The molecule has 1 aromatic rings. The van der Waals surface area contributed by atoms with Crippen LogP contribution in [0.2, 0.25) is 0 Å². The monoisotopic (exact) mass is 250 g/mol. The minimum absolute atomic E-state index is 0.122. The third-order valence-electron chi connectivity index (χ3n) is 2.91. The molecule has 0 fully saturated rings. The van der Waals surface area contributed by atoms with Gasteiger partial charge in [-0.15, -0.1) is 0 Å². The number of benzene rings is 1. The van der Waals surface area contributed by atoms with Crippen molar-refractivity contribution < 1.29 is 14.6 Å². The molecule has 0 saturated heterocycles. The quantitative estimate of drug-likeness (QED) is 0.869. The van der Waals surface area contributed by atoms with Crippen LogP contribution in [0.3, 0.4) is 0 Å². The van der Waals surface area contributed by atoms with Crippen LogP contribution in [-0.4, -0.2) is 17.2 Å². The van der Waals surface area contributed by atoms with Crippen molar-refractivity contribution >= 4 is 5.97 Å². The summed E-state index contributed by atoms with van der Waals surface area (Å²) in [4.78, 5) is 10.9. The van der Waals surface area contributed by atoms with Crippen LogP contribution in [0.15, 0.2) is 18.2 Å². The zero-order chi connectivity index (χ0) is 13.9. The molecule has 0 aromatic heterocycles. The Balaban J connectivity index is 2.99. The smallest absolute Gasteiger partial charge is 0.304 e. The number of carbonyl (C=O) groups is 1. The number of aliphatic carboxylic acids is 1. The molecule has 0 aliphatic rings. The van der Waals surface area contributed by atoms with Gasteiger partial charge in [-0.1, -0.05) is 26.0 Å². The van der Waals surface area contributed by atoms with E-state index in [0.717, 1.165) is 16.9 Å². The Morgan fingerprint density at radius 2 is 2.00 bits per heavy atom. The Hall–Kier alpha value is -1.51. The van der Waals surface area contributed by atoms with Crippen molar-refractivity contribution in [1.29, 1.82) is 0 Å².